The van der Waals surface area contributed by atoms with Crippen LogP contribution in [0.1, 0.15) is 35.2 Å². The van der Waals surface area contributed by atoms with Crippen LogP contribution >= 0.6 is 0 Å². The molecule has 0 saturated carbocycles. The van der Waals surface area contributed by atoms with Gasteiger partial charge in [-0.15, -0.1) is 0 Å². The zero-order valence-electron chi connectivity index (χ0n) is 17.1. The predicted molar refractivity (Wildman–Crippen MR) is 118 cm³/mol. The molecule has 0 fully saturated rings. The molecule has 0 aromatic heterocycles. The lowest BCUT2D eigenvalue weighted by Gasteiger charge is -2.19. The van der Waals surface area contributed by atoms with E-state index in [2.05, 4.69) is 5.32 Å². The van der Waals surface area contributed by atoms with Crippen molar-refractivity contribution >= 4 is 17.9 Å². The summed E-state index contributed by atoms with van der Waals surface area (Å²) in [7, 11) is 0. The molecule has 3 N–H and O–H groups in total. The highest BCUT2D eigenvalue weighted by Crippen LogP contribution is 2.25. The molecule has 6 nitrogen and oxygen atoms in total. The number of carbonyl (C=O) groups is 2. The van der Waals surface area contributed by atoms with E-state index in [9.17, 15) is 9.59 Å². The molecule has 0 aliphatic heterocycles. The monoisotopic (exact) mass is 416 g/mol. The van der Waals surface area contributed by atoms with Crippen molar-refractivity contribution in [2.45, 2.75) is 19.6 Å². The molecule has 2 amide bonds. The third-order valence-electron chi connectivity index (χ3n) is 4.62. The Hall–Kier alpha value is -3.90. The van der Waals surface area contributed by atoms with Gasteiger partial charge in [0, 0.05) is 13.0 Å². The SMILES string of the molecule is CC(=O)NC(c1ccc(/C=C/C(=O)NO)cc1)c1ccc(OCc2ccccc2)cc1. The zero-order chi connectivity index (χ0) is 22.1. The number of ether oxygens (including phenoxy) is 1. The number of hydrogen-bond donors (Lipinski definition) is 3. The number of benzene rings is 3. The van der Waals surface area contributed by atoms with E-state index < -0.39 is 5.91 Å². The van der Waals surface area contributed by atoms with E-state index in [-0.39, 0.29) is 11.9 Å². The first-order valence-electron chi connectivity index (χ1n) is 9.81. The molecule has 31 heavy (non-hydrogen) atoms. The molecule has 0 spiro atoms. The van der Waals surface area contributed by atoms with Gasteiger partial charge in [-0.1, -0.05) is 66.7 Å². The Kier molecular flexibility index (Phi) is 7.56. The Morgan fingerprint density at radius 2 is 1.55 bits per heavy atom. The summed E-state index contributed by atoms with van der Waals surface area (Å²) in [5, 5.41) is 11.5. The summed E-state index contributed by atoms with van der Waals surface area (Å²) in [6.45, 7) is 1.97. The van der Waals surface area contributed by atoms with Crippen LogP contribution < -0.4 is 15.5 Å². The number of carbonyl (C=O) groups excluding carboxylic acids is 2. The highest BCUT2D eigenvalue weighted by Gasteiger charge is 2.15. The summed E-state index contributed by atoms with van der Waals surface area (Å²) in [5.74, 6) is 0.00425. The molecule has 1 atom stereocenters. The maximum absolute atomic E-state index is 11.8. The maximum atomic E-state index is 11.8. The van der Waals surface area contributed by atoms with E-state index in [1.165, 1.54) is 13.0 Å². The Morgan fingerprint density at radius 1 is 0.935 bits per heavy atom. The lowest BCUT2D eigenvalue weighted by molar-refractivity contribution is -0.124. The molecule has 0 aliphatic carbocycles. The number of rotatable bonds is 8. The minimum absolute atomic E-state index is 0.141. The molecule has 3 aromatic rings. The lowest BCUT2D eigenvalue weighted by atomic mass is 9.97. The molecule has 0 radical (unpaired) electrons. The van der Waals surface area contributed by atoms with Crippen molar-refractivity contribution in [1.29, 1.82) is 0 Å². The second-order valence-corrected chi connectivity index (χ2v) is 6.95. The van der Waals surface area contributed by atoms with Crippen molar-refractivity contribution in [3.63, 3.8) is 0 Å². The highest BCUT2D eigenvalue weighted by atomic mass is 16.5. The van der Waals surface area contributed by atoms with E-state index in [4.69, 9.17) is 9.94 Å². The Bertz CT molecular complexity index is 1030. The third kappa shape index (κ3) is 6.55. The minimum Gasteiger partial charge on any atom is -0.489 e. The average Bonchev–Trinajstić information content (AvgIpc) is 2.81. The number of hydroxylamine groups is 1. The van der Waals surface area contributed by atoms with Crippen LogP contribution in [0.3, 0.4) is 0 Å². The second-order valence-electron chi connectivity index (χ2n) is 6.95. The molecular weight excluding hydrogens is 392 g/mol. The number of nitrogens with one attached hydrogen (secondary N) is 2. The van der Waals surface area contributed by atoms with Crippen LogP contribution in [0.15, 0.2) is 84.9 Å². The third-order valence-corrected chi connectivity index (χ3v) is 4.62. The van der Waals surface area contributed by atoms with E-state index in [0.717, 1.165) is 28.0 Å². The van der Waals surface area contributed by atoms with Gasteiger partial charge in [0.05, 0.1) is 6.04 Å². The summed E-state index contributed by atoms with van der Waals surface area (Å²) < 4.78 is 5.84. The van der Waals surface area contributed by atoms with Gasteiger partial charge >= 0.3 is 0 Å². The van der Waals surface area contributed by atoms with Crippen molar-refractivity contribution < 1.29 is 19.5 Å². The van der Waals surface area contributed by atoms with Crippen molar-refractivity contribution in [1.82, 2.24) is 10.8 Å². The van der Waals surface area contributed by atoms with Gasteiger partial charge in [-0.25, -0.2) is 5.48 Å². The predicted octanol–water partition coefficient (Wildman–Crippen LogP) is 4.01. The van der Waals surface area contributed by atoms with E-state index in [1.54, 1.807) is 11.6 Å². The molecule has 0 bridgehead atoms. The topological polar surface area (TPSA) is 87.7 Å². The van der Waals surface area contributed by atoms with Gasteiger partial charge in [-0.3, -0.25) is 14.8 Å². The largest absolute Gasteiger partial charge is 0.489 e. The Balaban J connectivity index is 1.73. The van der Waals surface area contributed by atoms with Gasteiger partial charge in [-0.05, 0) is 40.5 Å². The van der Waals surface area contributed by atoms with Crippen molar-refractivity contribution in [2.24, 2.45) is 0 Å². The van der Waals surface area contributed by atoms with Crippen molar-refractivity contribution in [3.8, 4) is 5.75 Å². The quantitative estimate of drug-likeness (QED) is 0.294. The van der Waals surface area contributed by atoms with Crippen LogP contribution in [0.2, 0.25) is 0 Å². The first kappa shape index (κ1) is 21.8. The van der Waals surface area contributed by atoms with Crippen LogP contribution in [-0.2, 0) is 16.2 Å². The van der Waals surface area contributed by atoms with Gasteiger partial charge in [-0.2, -0.15) is 0 Å². The summed E-state index contributed by atoms with van der Waals surface area (Å²) in [5.41, 5.74) is 5.25. The maximum Gasteiger partial charge on any atom is 0.267 e. The molecule has 6 heteroatoms. The highest BCUT2D eigenvalue weighted by molar-refractivity contribution is 5.90. The molecule has 3 aromatic carbocycles. The Morgan fingerprint density at radius 3 is 2.13 bits per heavy atom. The van der Waals surface area contributed by atoms with Crippen LogP contribution in [0.4, 0.5) is 0 Å². The number of amides is 2. The summed E-state index contributed by atoms with van der Waals surface area (Å²) in [6.07, 6.45) is 2.82. The normalized spacial score (nSPS) is 11.7. The lowest BCUT2D eigenvalue weighted by Crippen LogP contribution is -2.26. The van der Waals surface area contributed by atoms with Crippen LogP contribution in [0.25, 0.3) is 6.08 Å². The van der Waals surface area contributed by atoms with Crippen LogP contribution in [0, 0.1) is 0 Å². The van der Waals surface area contributed by atoms with Crippen molar-refractivity contribution in [2.75, 3.05) is 0 Å². The molecule has 0 saturated heterocycles. The fourth-order valence-corrected chi connectivity index (χ4v) is 3.07. The average molecular weight is 416 g/mol. The fourth-order valence-electron chi connectivity index (χ4n) is 3.07. The van der Waals surface area contributed by atoms with Crippen LogP contribution in [0.5, 0.6) is 5.75 Å². The van der Waals surface area contributed by atoms with E-state index >= 15 is 0 Å². The molecule has 158 valence electrons. The Labute approximate surface area is 181 Å². The van der Waals surface area contributed by atoms with Gasteiger partial charge in [0.15, 0.2) is 0 Å². The van der Waals surface area contributed by atoms with Gasteiger partial charge in [0.1, 0.15) is 12.4 Å². The molecule has 3 rings (SSSR count). The number of hydrogen-bond acceptors (Lipinski definition) is 4. The summed E-state index contributed by atoms with van der Waals surface area (Å²) in [4.78, 5) is 22.9. The molecular formula is C25H24N2O4. The zero-order valence-corrected chi connectivity index (χ0v) is 17.1. The molecule has 1 unspecified atom stereocenters. The summed E-state index contributed by atoms with van der Waals surface area (Å²) in [6, 6.07) is 24.7. The fraction of sp³-hybridized carbons (Fsp3) is 0.120. The van der Waals surface area contributed by atoms with E-state index in [0.29, 0.717) is 6.61 Å². The second kappa shape index (κ2) is 10.8. The first-order chi connectivity index (χ1) is 15.0. The smallest absolute Gasteiger partial charge is 0.267 e. The van der Waals surface area contributed by atoms with Gasteiger partial charge in [0.25, 0.3) is 5.91 Å². The summed E-state index contributed by atoms with van der Waals surface area (Å²) >= 11 is 0. The molecule has 0 aliphatic rings. The van der Waals surface area contributed by atoms with Gasteiger partial charge < -0.3 is 10.1 Å². The minimum atomic E-state index is -0.602. The standard InChI is InChI=1S/C25H24N2O4/c1-18(28)26-25(21-10-7-19(8-11-21)9-16-24(29)27-30)22-12-14-23(15-13-22)31-17-20-5-3-2-4-6-20/h2-16,25,30H,17H2,1H3,(H,26,28)(H,27,29)/b16-9+. The van der Waals surface area contributed by atoms with Crippen molar-refractivity contribution in [3.05, 3.63) is 107 Å². The first-order valence-corrected chi connectivity index (χ1v) is 9.81. The van der Waals surface area contributed by atoms with Crippen LogP contribution in [-0.4, -0.2) is 17.0 Å². The molecule has 0 heterocycles. The van der Waals surface area contributed by atoms with E-state index in [1.807, 2.05) is 78.9 Å². The van der Waals surface area contributed by atoms with Gasteiger partial charge in [0.2, 0.25) is 5.91 Å².